The zero-order chi connectivity index (χ0) is 22.9. The van der Waals surface area contributed by atoms with Crippen LogP contribution in [0, 0.1) is 17.0 Å². The molecule has 162 valence electrons. The zero-order valence-electron chi connectivity index (χ0n) is 16.4. The highest BCUT2D eigenvalue weighted by Gasteiger charge is 2.33. The first-order valence-electron chi connectivity index (χ1n) is 9.20. The third-order valence-electron chi connectivity index (χ3n) is 4.52. The Kier molecular flexibility index (Phi) is 5.66. The van der Waals surface area contributed by atoms with E-state index in [0.717, 1.165) is 29.5 Å². The lowest BCUT2D eigenvalue weighted by Gasteiger charge is -2.12. The molecule has 0 amide bonds. The molecular weight excluding hydrogens is 443 g/mol. The SMILES string of the molecule is Cc1cccc(-n2c(Sc3ccc(C(F)(F)F)cc3[N+](=O)[O-])nnc2-c2ccncc2)c1. The first-order valence-corrected chi connectivity index (χ1v) is 10.0. The third kappa shape index (κ3) is 4.33. The molecule has 0 radical (unpaired) electrons. The smallest absolute Gasteiger partial charge is 0.270 e. The molecule has 7 nitrogen and oxygen atoms in total. The summed E-state index contributed by atoms with van der Waals surface area (Å²) < 4.78 is 40.8. The van der Waals surface area contributed by atoms with Gasteiger partial charge < -0.3 is 0 Å². The van der Waals surface area contributed by atoms with E-state index in [0.29, 0.717) is 23.1 Å². The Hall–Kier alpha value is -3.73. The predicted octanol–water partition coefficient (Wildman–Crippen LogP) is 5.72. The minimum Gasteiger partial charge on any atom is -0.270 e. The molecule has 0 N–H and O–H groups in total. The van der Waals surface area contributed by atoms with Gasteiger partial charge in [-0.05, 0) is 60.6 Å². The van der Waals surface area contributed by atoms with Gasteiger partial charge in [0.15, 0.2) is 5.82 Å². The van der Waals surface area contributed by atoms with Crippen molar-refractivity contribution in [3.05, 3.63) is 88.2 Å². The van der Waals surface area contributed by atoms with Crippen LogP contribution in [0.25, 0.3) is 17.1 Å². The van der Waals surface area contributed by atoms with Crippen molar-refractivity contribution >= 4 is 17.4 Å². The molecule has 4 aromatic rings. The molecule has 11 heteroatoms. The normalized spacial score (nSPS) is 11.5. The molecular formula is C21H14F3N5O2S. The molecule has 0 unspecified atom stereocenters. The summed E-state index contributed by atoms with van der Waals surface area (Å²) in [6.07, 6.45) is -1.50. The standard InChI is InChI=1S/C21H14F3N5O2S/c1-13-3-2-4-16(11-13)28-19(14-7-9-25-10-8-14)26-27-20(28)32-18-6-5-15(21(22,23)24)12-17(18)29(30)31/h2-12H,1H3. The van der Waals surface area contributed by atoms with Gasteiger partial charge in [0.25, 0.3) is 5.69 Å². The maximum atomic E-state index is 13.0. The number of hydrogen-bond donors (Lipinski definition) is 0. The van der Waals surface area contributed by atoms with Gasteiger partial charge in [0.1, 0.15) is 0 Å². The van der Waals surface area contributed by atoms with Crippen molar-refractivity contribution in [2.75, 3.05) is 0 Å². The molecule has 0 saturated heterocycles. The Morgan fingerprint density at radius 3 is 2.44 bits per heavy atom. The van der Waals surface area contributed by atoms with Gasteiger partial charge in [-0.3, -0.25) is 19.7 Å². The van der Waals surface area contributed by atoms with E-state index in [-0.39, 0.29) is 10.1 Å². The van der Waals surface area contributed by atoms with Crippen LogP contribution in [0.5, 0.6) is 0 Å². The number of hydrogen-bond acceptors (Lipinski definition) is 6. The first kappa shape index (κ1) is 21.5. The van der Waals surface area contributed by atoms with Gasteiger partial charge in [-0.25, -0.2) is 0 Å². The van der Waals surface area contributed by atoms with Crippen molar-refractivity contribution < 1.29 is 18.1 Å². The molecule has 2 aromatic carbocycles. The Morgan fingerprint density at radius 2 is 1.78 bits per heavy atom. The molecule has 2 aromatic heterocycles. The van der Waals surface area contributed by atoms with Gasteiger partial charge in [0.2, 0.25) is 5.16 Å². The van der Waals surface area contributed by atoms with Crippen molar-refractivity contribution in [3.8, 4) is 17.1 Å². The average molecular weight is 457 g/mol. The molecule has 0 atom stereocenters. The molecule has 0 bridgehead atoms. The van der Waals surface area contributed by atoms with E-state index in [2.05, 4.69) is 15.2 Å². The zero-order valence-corrected chi connectivity index (χ0v) is 17.3. The van der Waals surface area contributed by atoms with Gasteiger partial charge in [-0.15, -0.1) is 10.2 Å². The van der Waals surface area contributed by atoms with E-state index in [4.69, 9.17) is 0 Å². The summed E-state index contributed by atoms with van der Waals surface area (Å²) in [5.41, 5.74) is 0.634. The second kappa shape index (κ2) is 8.42. The lowest BCUT2D eigenvalue weighted by atomic mass is 10.2. The summed E-state index contributed by atoms with van der Waals surface area (Å²) >= 11 is 0.869. The molecule has 0 aliphatic rings. The summed E-state index contributed by atoms with van der Waals surface area (Å²) in [7, 11) is 0. The number of pyridine rings is 1. The first-order chi connectivity index (χ1) is 15.2. The number of benzene rings is 2. The fraction of sp³-hybridized carbons (Fsp3) is 0.0952. The van der Waals surface area contributed by atoms with Crippen molar-refractivity contribution in [1.82, 2.24) is 19.7 Å². The van der Waals surface area contributed by atoms with E-state index in [9.17, 15) is 23.3 Å². The van der Waals surface area contributed by atoms with Gasteiger partial charge >= 0.3 is 6.18 Å². The largest absolute Gasteiger partial charge is 0.416 e. The second-order valence-corrected chi connectivity index (χ2v) is 7.77. The van der Waals surface area contributed by atoms with Gasteiger partial charge in [-0.2, -0.15) is 13.2 Å². The van der Waals surface area contributed by atoms with Crippen LogP contribution in [0.3, 0.4) is 0 Å². The van der Waals surface area contributed by atoms with Crippen molar-refractivity contribution in [3.63, 3.8) is 0 Å². The summed E-state index contributed by atoms with van der Waals surface area (Å²) in [4.78, 5) is 14.7. The molecule has 0 saturated carbocycles. The Bertz CT molecular complexity index is 1290. The fourth-order valence-corrected chi connectivity index (χ4v) is 3.98. The van der Waals surface area contributed by atoms with Crippen LogP contribution < -0.4 is 0 Å². The van der Waals surface area contributed by atoms with Gasteiger partial charge in [0.05, 0.1) is 21.1 Å². The van der Waals surface area contributed by atoms with Crippen LogP contribution in [-0.2, 0) is 6.18 Å². The van der Waals surface area contributed by atoms with Crippen LogP contribution in [0.15, 0.2) is 77.0 Å². The van der Waals surface area contributed by atoms with Gasteiger partial charge in [-0.1, -0.05) is 12.1 Å². The molecule has 0 spiro atoms. The lowest BCUT2D eigenvalue weighted by Crippen LogP contribution is -2.06. The summed E-state index contributed by atoms with van der Waals surface area (Å²) in [6.45, 7) is 1.91. The number of nitro groups is 1. The van der Waals surface area contributed by atoms with E-state index in [1.165, 1.54) is 0 Å². The minimum absolute atomic E-state index is 0.0191. The summed E-state index contributed by atoms with van der Waals surface area (Å²) in [5, 5.41) is 20.2. The highest BCUT2D eigenvalue weighted by Crippen LogP contribution is 2.40. The Labute approximate surface area is 184 Å². The van der Waals surface area contributed by atoms with E-state index in [1.54, 1.807) is 29.1 Å². The van der Waals surface area contributed by atoms with Crippen molar-refractivity contribution in [1.29, 1.82) is 0 Å². The van der Waals surface area contributed by atoms with Crippen LogP contribution in [0.1, 0.15) is 11.1 Å². The molecule has 0 aliphatic carbocycles. The number of aryl methyl sites for hydroxylation is 1. The van der Waals surface area contributed by atoms with E-state index in [1.807, 2.05) is 31.2 Å². The summed E-state index contributed by atoms with van der Waals surface area (Å²) in [5.74, 6) is 0.468. The number of rotatable bonds is 5. The second-order valence-electron chi connectivity index (χ2n) is 6.76. The third-order valence-corrected chi connectivity index (χ3v) is 5.53. The Balaban J connectivity index is 1.85. The van der Waals surface area contributed by atoms with Crippen LogP contribution in [0.4, 0.5) is 18.9 Å². The van der Waals surface area contributed by atoms with Crippen molar-refractivity contribution in [2.45, 2.75) is 23.2 Å². The molecule has 2 heterocycles. The quantitative estimate of drug-likeness (QED) is 0.282. The molecule has 4 rings (SSSR count). The van der Waals surface area contributed by atoms with E-state index < -0.39 is 22.4 Å². The highest BCUT2D eigenvalue weighted by atomic mass is 32.2. The molecule has 0 aliphatic heterocycles. The van der Waals surface area contributed by atoms with Gasteiger partial charge in [0, 0.05) is 24.0 Å². The molecule has 32 heavy (non-hydrogen) atoms. The maximum absolute atomic E-state index is 13.0. The lowest BCUT2D eigenvalue weighted by molar-refractivity contribution is -0.388. The number of nitrogens with zero attached hydrogens (tertiary/aromatic N) is 5. The van der Waals surface area contributed by atoms with E-state index >= 15 is 0 Å². The topological polar surface area (TPSA) is 86.7 Å². The van der Waals surface area contributed by atoms with Crippen LogP contribution in [-0.4, -0.2) is 24.7 Å². The Morgan fingerprint density at radius 1 is 1.03 bits per heavy atom. The maximum Gasteiger partial charge on any atom is 0.416 e. The number of halogens is 3. The highest BCUT2D eigenvalue weighted by molar-refractivity contribution is 7.99. The monoisotopic (exact) mass is 457 g/mol. The predicted molar refractivity (Wildman–Crippen MR) is 112 cm³/mol. The van der Waals surface area contributed by atoms with Crippen LogP contribution in [0.2, 0.25) is 0 Å². The fourth-order valence-electron chi connectivity index (χ4n) is 3.04. The molecule has 0 fully saturated rings. The summed E-state index contributed by atoms with van der Waals surface area (Å²) in [6, 6.07) is 13.4. The number of alkyl halides is 3. The average Bonchev–Trinajstić information content (AvgIpc) is 3.17. The minimum atomic E-state index is -4.69. The number of aromatic nitrogens is 4. The van der Waals surface area contributed by atoms with Crippen LogP contribution >= 0.6 is 11.8 Å². The number of nitro benzene ring substituents is 1. The van der Waals surface area contributed by atoms with Crippen molar-refractivity contribution in [2.24, 2.45) is 0 Å².